The fourth-order valence-corrected chi connectivity index (χ4v) is 3.04. The van der Waals surface area contributed by atoms with E-state index in [0.29, 0.717) is 18.8 Å². The number of amides is 1. The number of carbonyl (C=O) groups is 2. The van der Waals surface area contributed by atoms with Gasteiger partial charge in [0.05, 0.1) is 6.04 Å². The lowest BCUT2D eigenvalue weighted by molar-refractivity contribution is -0.159. The molecule has 21 heavy (non-hydrogen) atoms. The molecule has 0 aromatic rings. The molecule has 1 fully saturated rings. The smallest absolute Gasteiger partial charge is 0.335 e. The number of carboxylic acid groups (broad SMARTS) is 1. The van der Waals surface area contributed by atoms with Gasteiger partial charge in [-0.05, 0) is 32.6 Å². The first-order chi connectivity index (χ1) is 9.70. The molecule has 0 unspecified atom stereocenters. The maximum Gasteiger partial charge on any atom is 0.335 e. The normalized spacial score (nSPS) is 24.6. The SMILES string of the molecule is CCCCCC(=O)N1[C@@H](CC(C)C)[C@H](C(=O)O)OC1(C)C. The first kappa shape index (κ1) is 18.0. The van der Waals surface area contributed by atoms with Crippen LogP contribution < -0.4 is 0 Å². The molecule has 0 bridgehead atoms. The number of ether oxygens (including phenoxy) is 1. The largest absolute Gasteiger partial charge is 0.479 e. The molecule has 2 atom stereocenters. The minimum atomic E-state index is -0.988. The van der Waals surface area contributed by atoms with E-state index >= 15 is 0 Å². The Kier molecular flexibility index (Phi) is 6.20. The van der Waals surface area contributed by atoms with E-state index in [1.54, 1.807) is 18.7 Å². The van der Waals surface area contributed by atoms with Crippen molar-refractivity contribution in [1.29, 1.82) is 0 Å². The van der Waals surface area contributed by atoms with Gasteiger partial charge in [-0.2, -0.15) is 0 Å². The fraction of sp³-hybridized carbons (Fsp3) is 0.875. The molecule has 0 radical (unpaired) electrons. The van der Waals surface area contributed by atoms with Crippen molar-refractivity contribution in [2.45, 2.75) is 84.6 Å². The van der Waals surface area contributed by atoms with E-state index in [2.05, 4.69) is 6.92 Å². The molecule has 0 spiro atoms. The summed E-state index contributed by atoms with van der Waals surface area (Å²) in [5.74, 6) is -0.680. The third-order valence-electron chi connectivity index (χ3n) is 3.90. The summed E-state index contributed by atoms with van der Waals surface area (Å²) in [5.41, 5.74) is -0.855. The Bertz CT molecular complexity index is 378. The lowest BCUT2D eigenvalue weighted by Gasteiger charge is -2.34. The van der Waals surface area contributed by atoms with Crippen LogP contribution in [0, 0.1) is 5.92 Å². The van der Waals surface area contributed by atoms with E-state index in [1.807, 2.05) is 13.8 Å². The minimum absolute atomic E-state index is 0.00264. The van der Waals surface area contributed by atoms with Crippen LogP contribution >= 0.6 is 0 Å². The lowest BCUT2D eigenvalue weighted by atomic mass is 9.97. The number of carbonyl (C=O) groups excluding carboxylic acids is 1. The zero-order chi connectivity index (χ0) is 16.2. The van der Waals surface area contributed by atoms with Gasteiger partial charge in [0.2, 0.25) is 5.91 Å². The first-order valence-electron chi connectivity index (χ1n) is 7.93. The van der Waals surface area contributed by atoms with Crippen LogP contribution in [0.15, 0.2) is 0 Å². The van der Waals surface area contributed by atoms with Crippen molar-refractivity contribution < 1.29 is 19.4 Å². The van der Waals surface area contributed by atoms with E-state index in [4.69, 9.17) is 4.74 Å². The Morgan fingerprint density at radius 2 is 1.90 bits per heavy atom. The van der Waals surface area contributed by atoms with Crippen LogP contribution in [0.25, 0.3) is 0 Å². The third-order valence-corrected chi connectivity index (χ3v) is 3.90. The Morgan fingerprint density at radius 1 is 1.29 bits per heavy atom. The molecule has 5 nitrogen and oxygen atoms in total. The summed E-state index contributed by atoms with van der Waals surface area (Å²) in [5, 5.41) is 9.38. The maximum atomic E-state index is 12.5. The number of unbranched alkanes of at least 4 members (excludes halogenated alkanes) is 2. The molecule has 1 heterocycles. The summed E-state index contributed by atoms with van der Waals surface area (Å²) in [6.45, 7) is 9.71. The second kappa shape index (κ2) is 7.25. The second-order valence-corrected chi connectivity index (χ2v) is 6.74. The quantitative estimate of drug-likeness (QED) is 0.734. The van der Waals surface area contributed by atoms with Gasteiger partial charge >= 0.3 is 5.97 Å². The molecule has 1 amide bonds. The highest BCUT2D eigenvalue weighted by Crippen LogP contribution is 2.36. The summed E-state index contributed by atoms with van der Waals surface area (Å²) in [6.07, 6.45) is 3.08. The Hall–Kier alpha value is -1.10. The van der Waals surface area contributed by atoms with Gasteiger partial charge in [0.1, 0.15) is 5.72 Å². The van der Waals surface area contributed by atoms with Crippen LogP contribution in [0.4, 0.5) is 0 Å². The van der Waals surface area contributed by atoms with Gasteiger partial charge in [-0.15, -0.1) is 0 Å². The van der Waals surface area contributed by atoms with Crippen LogP contribution in [-0.4, -0.2) is 39.8 Å². The van der Waals surface area contributed by atoms with Gasteiger partial charge in [-0.3, -0.25) is 4.79 Å². The summed E-state index contributed by atoms with van der Waals surface area (Å²) >= 11 is 0. The zero-order valence-electron chi connectivity index (χ0n) is 13.9. The summed E-state index contributed by atoms with van der Waals surface area (Å²) < 4.78 is 5.67. The highest BCUT2D eigenvalue weighted by molar-refractivity contribution is 5.81. The van der Waals surface area contributed by atoms with E-state index in [-0.39, 0.29) is 11.9 Å². The molecule has 122 valence electrons. The average molecular weight is 299 g/mol. The highest BCUT2D eigenvalue weighted by atomic mass is 16.6. The third kappa shape index (κ3) is 4.43. The maximum absolute atomic E-state index is 12.5. The molecule has 1 aliphatic rings. The van der Waals surface area contributed by atoms with Crippen LogP contribution in [0.2, 0.25) is 0 Å². The Balaban J connectivity index is 2.93. The van der Waals surface area contributed by atoms with E-state index in [1.165, 1.54) is 0 Å². The zero-order valence-corrected chi connectivity index (χ0v) is 13.9. The van der Waals surface area contributed by atoms with Gasteiger partial charge in [0, 0.05) is 6.42 Å². The number of hydrogen-bond donors (Lipinski definition) is 1. The van der Waals surface area contributed by atoms with Crippen LogP contribution in [-0.2, 0) is 14.3 Å². The standard InChI is InChI=1S/C16H29NO4/c1-6-7-8-9-13(18)17-12(10-11(2)3)14(15(19)20)21-16(17,4)5/h11-12,14H,6-10H2,1-5H3,(H,19,20)/t12-,14+/m0/s1. The van der Waals surface area contributed by atoms with Gasteiger partial charge in [0.25, 0.3) is 0 Å². The lowest BCUT2D eigenvalue weighted by Crippen LogP contribution is -2.49. The first-order valence-corrected chi connectivity index (χ1v) is 7.93. The predicted octanol–water partition coefficient (Wildman–Crippen LogP) is 3.03. The fourth-order valence-electron chi connectivity index (χ4n) is 3.04. The molecular weight excluding hydrogens is 270 g/mol. The van der Waals surface area contributed by atoms with Crippen LogP contribution in [0.3, 0.4) is 0 Å². The summed E-state index contributed by atoms with van der Waals surface area (Å²) in [4.78, 5) is 25.7. The number of rotatable bonds is 7. The number of nitrogens with zero attached hydrogens (tertiary/aromatic N) is 1. The van der Waals surface area contributed by atoms with Crippen LogP contribution in [0.5, 0.6) is 0 Å². The average Bonchev–Trinajstić information content (AvgIpc) is 2.60. The molecule has 1 rings (SSSR count). The molecule has 5 heteroatoms. The van der Waals surface area contributed by atoms with Gasteiger partial charge in [-0.1, -0.05) is 33.6 Å². The predicted molar refractivity (Wildman–Crippen MR) is 80.8 cm³/mol. The monoisotopic (exact) mass is 299 g/mol. The molecule has 0 aliphatic carbocycles. The highest BCUT2D eigenvalue weighted by Gasteiger charge is 2.52. The van der Waals surface area contributed by atoms with Crippen LogP contribution in [0.1, 0.15) is 66.7 Å². The molecule has 1 saturated heterocycles. The van der Waals surface area contributed by atoms with Gasteiger partial charge in [0.15, 0.2) is 6.10 Å². The molecule has 0 saturated carbocycles. The number of hydrogen-bond acceptors (Lipinski definition) is 3. The topological polar surface area (TPSA) is 66.8 Å². The van der Waals surface area contributed by atoms with E-state index in [9.17, 15) is 14.7 Å². The summed E-state index contributed by atoms with van der Waals surface area (Å²) in [7, 11) is 0. The molecule has 1 aliphatic heterocycles. The Morgan fingerprint density at radius 3 is 2.38 bits per heavy atom. The van der Waals surface area contributed by atoms with Crippen molar-refractivity contribution in [2.24, 2.45) is 5.92 Å². The van der Waals surface area contributed by atoms with Crippen molar-refractivity contribution in [1.82, 2.24) is 4.90 Å². The van der Waals surface area contributed by atoms with Gasteiger partial charge in [-0.25, -0.2) is 4.79 Å². The van der Waals surface area contributed by atoms with Gasteiger partial charge < -0.3 is 14.7 Å². The van der Waals surface area contributed by atoms with Crippen molar-refractivity contribution >= 4 is 11.9 Å². The van der Waals surface area contributed by atoms with Crippen molar-refractivity contribution in [3.05, 3.63) is 0 Å². The molecule has 0 aromatic carbocycles. The number of carboxylic acids is 1. The van der Waals surface area contributed by atoms with Crippen molar-refractivity contribution in [2.75, 3.05) is 0 Å². The summed E-state index contributed by atoms with van der Waals surface area (Å²) in [6, 6.07) is -0.383. The minimum Gasteiger partial charge on any atom is -0.479 e. The van der Waals surface area contributed by atoms with Crippen molar-refractivity contribution in [3.63, 3.8) is 0 Å². The molecular formula is C16H29NO4. The molecule has 1 N–H and O–H groups in total. The van der Waals surface area contributed by atoms with E-state index in [0.717, 1.165) is 19.3 Å². The molecule has 0 aromatic heterocycles. The second-order valence-electron chi connectivity index (χ2n) is 6.74. The number of aliphatic carboxylic acids is 1. The van der Waals surface area contributed by atoms with E-state index < -0.39 is 17.8 Å². The Labute approximate surface area is 127 Å². The van der Waals surface area contributed by atoms with Crippen molar-refractivity contribution in [3.8, 4) is 0 Å².